The van der Waals surface area contributed by atoms with E-state index < -0.39 is 0 Å². The molecule has 0 saturated carbocycles. The predicted octanol–water partition coefficient (Wildman–Crippen LogP) is 2.02. The van der Waals surface area contributed by atoms with E-state index >= 15 is 0 Å². The summed E-state index contributed by atoms with van der Waals surface area (Å²) in [5.74, 6) is -0.0540. The van der Waals surface area contributed by atoms with Gasteiger partial charge in [-0.05, 0) is 25.1 Å². The van der Waals surface area contributed by atoms with Crippen molar-refractivity contribution in [3.8, 4) is 0 Å². The minimum atomic E-state index is -0.0540. The molecule has 0 saturated heterocycles. The molecule has 1 heterocycles. The average Bonchev–Trinajstić information content (AvgIpc) is 2.87. The third-order valence-corrected chi connectivity index (χ3v) is 2.80. The van der Waals surface area contributed by atoms with Gasteiger partial charge in [0, 0.05) is 18.4 Å². The summed E-state index contributed by atoms with van der Waals surface area (Å²) in [4.78, 5) is 16.1. The number of imidazole rings is 1. The Morgan fingerprint density at radius 3 is 2.85 bits per heavy atom. The van der Waals surface area contributed by atoms with Gasteiger partial charge < -0.3 is 15.2 Å². The minimum absolute atomic E-state index is 0.0540. The number of amides is 1. The molecule has 1 amide bonds. The summed E-state index contributed by atoms with van der Waals surface area (Å²) in [5, 5.41) is 6.13. The lowest BCUT2D eigenvalue weighted by Gasteiger charge is -2.05. The Balaban J connectivity index is 1.82. The summed E-state index contributed by atoms with van der Waals surface area (Å²) < 4.78 is 1.79. The fourth-order valence-electron chi connectivity index (χ4n) is 1.87. The number of hydrogen-bond acceptors (Lipinski definition) is 3. The van der Waals surface area contributed by atoms with Gasteiger partial charge in [-0.25, -0.2) is 4.98 Å². The van der Waals surface area contributed by atoms with Crippen LogP contribution in [0, 0.1) is 0 Å². The molecule has 0 spiro atoms. The summed E-state index contributed by atoms with van der Waals surface area (Å²) in [5.41, 5.74) is 1.76. The van der Waals surface area contributed by atoms with Crippen molar-refractivity contribution >= 4 is 11.6 Å². The van der Waals surface area contributed by atoms with Gasteiger partial charge in [0.25, 0.3) is 0 Å². The Bertz CT molecular complexity index is 536. The van der Waals surface area contributed by atoms with E-state index in [0.717, 1.165) is 30.9 Å². The fourth-order valence-corrected chi connectivity index (χ4v) is 1.87. The quantitative estimate of drug-likeness (QED) is 0.758. The summed E-state index contributed by atoms with van der Waals surface area (Å²) >= 11 is 0. The third kappa shape index (κ3) is 4.51. The van der Waals surface area contributed by atoms with Crippen molar-refractivity contribution in [3.63, 3.8) is 0 Å². The van der Waals surface area contributed by atoms with Crippen LogP contribution in [0.3, 0.4) is 0 Å². The third-order valence-electron chi connectivity index (χ3n) is 2.80. The molecule has 0 aliphatic rings. The molecule has 0 radical (unpaired) electrons. The van der Waals surface area contributed by atoms with Crippen LogP contribution < -0.4 is 10.6 Å². The molecule has 0 aliphatic heterocycles. The van der Waals surface area contributed by atoms with Gasteiger partial charge in [-0.3, -0.25) is 4.79 Å². The zero-order chi connectivity index (χ0) is 14.2. The number of nitrogens with one attached hydrogen (secondary N) is 2. The first-order valence-corrected chi connectivity index (χ1v) is 6.84. The molecule has 1 aromatic carbocycles. The van der Waals surface area contributed by atoms with Crippen LogP contribution in [0.15, 0.2) is 42.9 Å². The maximum atomic E-state index is 11.9. The van der Waals surface area contributed by atoms with Crippen molar-refractivity contribution in [2.24, 2.45) is 0 Å². The number of benzene rings is 1. The van der Waals surface area contributed by atoms with Crippen LogP contribution in [0.5, 0.6) is 0 Å². The number of carbonyl (C=O) groups excluding carboxylic acids is 1. The van der Waals surface area contributed by atoms with Crippen molar-refractivity contribution in [2.45, 2.75) is 26.4 Å². The molecule has 0 unspecified atom stereocenters. The van der Waals surface area contributed by atoms with Gasteiger partial charge in [0.1, 0.15) is 6.54 Å². The van der Waals surface area contributed by atoms with Crippen molar-refractivity contribution in [3.05, 3.63) is 48.5 Å². The van der Waals surface area contributed by atoms with E-state index in [9.17, 15) is 4.79 Å². The summed E-state index contributed by atoms with van der Waals surface area (Å²) in [6, 6.07) is 9.44. The SMILES string of the molecule is CCCNCc1cn(CC(=O)Nc2ccccc2)cn1. The topological polar surface area (TPSA) is 59.0 Å². The van der Waals surface area contributed by atoms with E-state index in [2.05, 4.69) is 22.5 Å². The van der Waals surface area contributed by atoms with Crippen LogP contribution in [-0.4, -0.2) is 22.0 Å². The summed E-state index contributed by atoms with van der Waals surface area (Å²) in [6.07, 6.45) is 4.68. The molecule has 2 N–H and O–H groups in total. The van der Waals surface area contributed by atoms with E-state index in [-0.39, 0.29) is 12.5 Å². The fraction of sp³-hybridized carbons (Fsp3) is 0.333. The molecule has 20 heavy (non-hydrogen) atoms. The number of hydrogen-bond donors (Lipinski definition) is 2. The molecule has 0 fully saturated rings. The number of nitrogens with zero attached hydrogens (tertiary/aromatic N) is 2. The van der Waals surface area contributed by atoms with E-state index in [0.29, 0.717) is 0 Å². The number of aromatic nitrogens is 2. The first-order chi connectivity index (χ1) is 9.78. The van der Waals surface area contributed by atoms with Crippen LogP contribution in [0.2, 0.25) is 0 Å². The lowest BCUT2D eigenvalue weighted by molar-refractivity contribution is -0.116. The first kappa shape index (κ1) is 14.3. The molecule has 0 aliphatic carbocycles. The molecule has 1 aromatic heterocycles. The summed E-state index contributed by atoms with van der Waals surface area (Å²) in [7, 11) is 0. The van der Waals surface area contributed by atoms with Crippen LogP contribution in [0.4, 0.5) is 5.69 Å². The minimum Gasteiger partial charge on any atom is -0.328 e. The molecule has 2 rings (SSSR count). The molecular formula is C15H20N4O. The van der Waals surface area contributed by atoms with Crippen LogP contribution >= 0.6 is 0 Å². The zero-order valence-corrected chi connectivity index (χ0v) is 11.7. The van der Waals surface area contributed by atoms with Crippen molar-refractivity contribution < 1.29 is 4.79 Å². The Hall–Kier alpha value is -2.14. The first-order valence-electron chi connectivity index (χ1n) is 6.84. The van der Waals surface area contributed by atoms with E-state index in [1.54, 1.807) is 10.9 Å². The zero-order valence-electron chi connectivity index (χ0n) is 11.7. The lowest BCUT2D eigenvalue weighted by Crippen LogP contribution is -2.18. The highest BCUT2D eigenvalue weighted by atomic mass is 16.1. The van der Waals surface area contributed by atoms with Gasteiger partial charge in [-0.1, -0.05) is 25.1 Å². The lowest BCUT2D eigenvalue weighted by atomic mass is 10.3. The van der Waals surface area contributed by atoms with Gasteiger partial charge in [-0.15, -0.1) is 0 Å². The summed E-state index contributed by atoms with van der Waals surface area (Å²) in [6.45, 7) is 4.11. The van der Waals surface area contributed by atoms with Crippen molar-refractivity contribution in [2.75, 3.05) is 11.9 Å². The highest BCUT2D eigenvalue weighted by Crippen LogP contribution is 2.05. The molecule has 106 valence electrons. The van der Waals surface area contributed by atoms with Crippen LogP contribution in [0.1, 0.15) is 19.0 Å². The highest BCUT2D eigenvalue weighted by molar-refractivity contribution is 5.90. The smallest absolute Gasteiger partial charge is 0.244 e. The predicted molar refractivity (Wildman–Crippen MR) is 79.3 cm³/mol. The normalized spacial score (nSPS) is 10.4. The van der Waals surface area contributed by atoms with Gasteiger partial charge in [0.05, 0.1) is 12.0 Å². The Kier molecular flexibility index (Phi) is 5.32. The van der Waals surface area contributed by atoms with Gasteiger partial charge in [0.2, 0.25) is 5.91 Å². The van der Waals surface area contributed by atoms with E-state index in [1.807, 2.05) is 36.5 Å². The number of anilines is 1. The van der Waals surface area contributed by atoms with Crippen molar-refractivity contribution in [1.82, 2.24) is 14.9 Å². The molecule has 0 atom stereocenters. The van der Waals surface area contributed by atoms with Crippen LogP contribution in [-0.2, 0) is 17.9 Å². The number of para-hydroxylation sites is 1. The second kappa shape index (κ2) is 7.45. The van der Waals surface area contributed by atoms with Gasteiger partial charge in [0.15, 0.2) is 0 Å². The van der Waals surface area contributed by atoms with Crippen molar-refractivity contribution in [1.29, 1.82) is 0 Å². The largest absolute Gasteiger partial charge is 0.328 e. The average molecular weight is 272 g/mol. The molecule has 2 aromatic rings. The molecule has 0 bridgehead atoms. The second-order valence-corrected chi connectivity index (χ2v) is 4.63. The van der Waals surface area contributed by atoms with Gasteiger partial charge in [-0.2, -0.15) is 0 Å². The standard InChI is InChI=1S/C15H20N4O/c1-2-8-16-9-14-10-19(12-17-14)11-15(20)18-13-6-4-3-5-7-13/h3-7,10,12,16H,2,8-9,11H2,1H3,(H,18,20). The second-order valence-electron chi connectivity index (χ2n) is 4.63. The van der Waals surface area contributed by atoms with Gasteiger partial charge >= 0.3 is 0 Å². The van der Waals surface area contributed by atoms with E-state index in [4.69, 9.17) is 0 Å². The molecule has 5 nitrogen and oxygen atoms in total. The number of carbonyl (C=O) groups is 1. The van der Waals surface area contributed by atoms with Crippen LogP contribution in [0.25, 0.3) is 0 Å². The maximum Gasteiger partial charge on any atom is 0.244 e. The maximum absolute atomic E-state index is 11.9. The molecule has 5 heteroatoms. The van der Waals surface area contributed by atoms with E-state index in [1.165, 1.54) is 0 Å². The Labute approximate surface area is 119 Å². The highest BCUT2D eigenvalue weighted by Gasteiger charge is 2.04. The monoisotopic (exact) mass is 272 g/mol. The molecular weight excluding hydrogens is 252 g/mol. The Morgan fingerprint density at radius 1 is 1.30 bits per heavy atom. The number of rotatable bonds is 7. The Morgan fingerprint density at radius 2 is 2.10 bits per heavy atom.